The Balaban J connectivity index is 0.00000144. The molecule has 0 bridgehead atoms. The second-order valence-corrected chi connectivity index (χ2v) is 5.06. The van der Waals surface area contributed by atoms with E-state index in [0.717, 1.165) is 33.6 Å². The van der Waals surface area contributed by atoms with Gasteiger partial charge in [-0.05, 0) is 12.1 Å². The molecule has 22 heavy (non-hydrogen) atoms. The summed E-state index contributed by atoms with van der Waals surface area (Å²) >= 11 is 0. The van der Waals surface area contributed by atoms with Crippen LogP contribution < -0.4 is 31.6 Å². The van der Waals surface area contributed by atoms with Gasteiger partial charge in [-0.2, -0.15) is 4.57 Å². The van der Waals surface area contributed by atoms with Gasteiger partial charge in [-0.1, -0.05) is 30.3 Å². The van der Waals surface area contributed by atoms with Crippen molar-refractivity contribution in [3.05, 3.63) is 66.4 Å². The minimum Gasteiger partial charge on any atom is -1.00 e. The van der Waals surface area contributed by atoms with Gasteiger partial charge in [0.25, 0.3) is 0 Å². The Hall–Kier alpha value is -2.33. The molecule has 110 valence electrons. The number of pyridine rings is 1. The summed E-state index contributed by atoms with van der Waals surface area (Å²) in [6, 6.07) is 18.6. The number of halogens is 1. The first-order chi connectivity index (χ1) is 10.3. The third-order valence-corrected chi connectivity index (χ3v) is 3.75. The minimum atomic E-state index is 0. The molecule has 0 spiro atoms. The summed E-state index contributed by atoms with van der Waals surface area (Å²) in [5.74, 6) is 0.858. The van der Waals surface area contributed by atoms with Crippen molar-refractivity contribution in [1.82, 2.24) is 0 Å². The molecule has 1 aliphatic heterocycles. The van der Waals surface area contributed by atoms with Crippen LogP contribution in [-0.4, -0.2) is 7.11 Å². The number of ether oxygens (including phenoxy) is 1. The van der Waals surface area contributed by atoms with Crippen molar-refractivity contribution in [2.45, 2.75) is 0 Å². The molecule has 2 aromatic carbocycles. The maximum Gasteiger partial charge on any atom is 0.241 e. The predicted octanol–water partition coefficient (Wildman–Crippen LogP) is 0.521. The molecule has 0 aliphatic carbocycles. The Morgan fingerprint density at radius 3 is 2.59 bits per heavy atom. The Labute approximate surface area is 139 Å². The third-order valence-electron chi connectivity index (χ3n) is 3.75. The highest BCUT2D eigenvalue weighted by Gasteiger charge is 2.21. The molecular weight excluding hydrogens is 340 g/mol. The number of nitrogens with one attached hydrogen (secondary N) is 1. The Morgan fingerprint density at radius 2 is 1.82 bits per heavy atom. The number of hydrogen-bond donors (Lipinski definition) is 1. The van der Waals surface area contributed by atoms with E-state index >= 15 is 0 Å². The third kappa shape index (κ3) is 2.35. The van der Waals surface area contributed by atoms with Gasteiger partial charge in [0, 0.05) is 17.7 Å². The van der Waals surface area contributed by atoms with Crippen molar-refractivity contribution in [3.63, 3.8) is 0 Å². The summed E-state index contributed by atoms with van der Waals surface area (Å²) < 4.78 is 7.56. The first-order valence-corrected chi connectivity index (χ1v) is 6.91. The summed E-state index contributed by atoms with van der Waals surface area (Å²) in [5.41, 5.74) is 4.47. The number of anilines is 1. The van der Waals surface area contributed by atoms with Gasteiger partial charge in [-0.3, -0.25) is 0 Å². The van der Waals surface area contributed by atoms with E-state index in [0.29, 0.717) is 0 Å². The van der Waals surface area contributed by atoms with Gasteiger partial charge in [-0.15, -0.1) is 0 Å². The molecule has 3 aromatic rings. The number of methoxy groups -OCH3 is 1. The lowest BCUT2D eigenvalue weighted by molar-refractivity contribution is -0.538. The van der Waals surface area contributed by atoms with E-state index < -0.39 is 0 Å². The summed E-state index contributed by atoms with van der Waals surface area (Å²) in [4.78, 5) is 0. The molecule has 4 heteroatoms. The second kappa shape index (κ2) is 5.81. The first-order valence-electron chi connectivity index (χ1n) is 6.91. The van der Waals surface area contributed by atoms with Gasteiger partial charge in [0.15, 0.2) is 12.4 Å². The van der Waals surface area contributed by atoms with Crippen LogP contribution in [0.4, 0.5) is 5.69 Å². The van der Waals surface area contributed by atoms with Gasteiger partial charge < -0.3 is 27.0 Å². The van der Waals surface area contributed by atoms with Crippen LogP contribution in [0, 0.1) is 0 Å². The van der Waals surface area contributed by atoms with E-state index in [2.05, 4.69) is 52.6 Å². The van der Waals surface area contributed by atoms with Gasteiger partial charge in [0.05, 0.1) is 12.5 Å². The van der Waals surface area contributed by atoms with Crippen LogP contribution in [0.25, 0.3) is 22.8 Å². The smallest absolute Gasteiger partial charge is 0.241 e. The van der Waals surface area contributed by atoms with Crippen LogP contribution in [0.3, 0.4) is 0 Å². The number of benzene rings is 2. The van der Waals surface area contributed by atoms with E-state index in [1.165, 1.54) is 0 Å². The molecule has 0 saturated heterocycles. The Morgan fingerprint density at radius 1 is 1.00 bits per heavy atom. The molecule has 4 rings (SSSR count). The van der Waals surface area contributed by atoms with Crippen LogP contribution in [0.1, 0.15) is 5.56 Å². The molecule has 0 fully saturated rings. The molecule has 0 saturated carbocycles. The summed E-state index contributed by atoms with van der Waals surface area (Å²) in [5, 5.41) is 4.67. The highest BCUT2D eigenvalue weighted by Crippen LogP contribution is 2.32. The zero-order valence-electron chi connectivity index (χ0n) is 12.1. The highest BCUT2D eigenvalue weighted by atomic mass is 79.9. The fraction of sp³-hybridized carbons (Fsp3) is 0.0556. The predicted molar refractivity (Wildman–Crippen MR) is 84.9 cm³/mol. The van der Waals surface area contributed by atoms with Gasteiger partial charge in [0.1, 0.15) is 17.1 Å². The Bertz CT molecular complexity index is 860. The van der Waals surface area contributed by atoms with Crippen molar-refractivity contribution >= 4 is 28.5 Å². The monoisotopic (exact) mass is 354 g/mol. The van der Waals surface area contributed by atoms with Crippen molar-refractivity contribution in [2.24, 2.45) is 0 Å². The SMILES string of the molecule is COc1cc2c3c(ccc[n+]3C=C(c3ccccc3)N2)c1.[Br-]. The molecule has 0 unspecified atom stereocenters. The number of rotatable bonds is 2. The van der Waals surface area contributed by atoms with Gasteiger partial charge >= 0.3 is 0 Å². The van der Waals surface area contributed by atoms with E-state index in [4.69, 9.17) is 4.74 Å². The number of nitrogens with zero attached hydrogens (tertiary/aromatic N) is 1. The zero-order valence-corrected chi connectivity index (χ0v) is 13.7. The van der Waals surface area contributed by atoms with Crippen molar-refractivity contribution in [2.75, 3.05) is 12.4 Å². The quantitative estimate of drug-likeness (QED) is 0.679. The lowest BCUT2D eigenvalue weighted by Gasteiger charge is -2.16. The second-order valence-electron chi connectivity index (χ2n) is 5.06. The number of aromatic nitrogens is 1. The largest absolute Gasteiger partial charge is 1.00 e. The van der Waals surface area contributed by atoms with E-state index in [9.17, 15) is 0 Å². The topological polar surface area (TPSA) is 25.1 Å². The lowest BCUT2D eigenvalue weighted by atomic mass is 10.1. The van der Waals surface area contributed by atoms with Crippen LogP contribution in [0.5, 0.6) is 5.75 Å². The first kappa shape index (κ1) is 14.6. The molecule has 0 amide bonds. The van der Waals surface area contributed by atoms with E-state index in [1.54, 1.807) is 7.11 Å². The minimum absolute atomic E-state index is 0. The maximum atomic E-state index is 5.40. The summed E-state index contributed by atoms with van der Waals surface area (Å²) in [7, 11) is 1.70. The molecule has 0 atom stereocenters. The van der Waals surface area contributed by atoms with E-state index in [1.807, 2.05) is 24.3 Å². The highest BCUT2D eigenvalue weighted by molar-refractivity contribution is 5.97. The fourth-order valence-electron chi connectivity index (χ4n) is 2.76. The van der Waals surface area contributed by atoms with Crippen molar-refractivity contribution < 1.29 is 26.3 Å². The van der Waals surface area contributed by atoms with Crippen LogP contribution in [-0.2, 0) is 0 Å². The average Bonchev–Trinajstić information content (AvgIpc) is 2.55. The van der Waals surface area contributed by atoms with Crippen LogP contribution >= 0.6 is 0 Å². The lowest BCUT2D eigenvalue weighted by Crippen LogP contribution is -3.00. The van der Waals surface area contributed by atoms with Crippen molar-refractivity contribution in [1.29, 1.82) is 0 Å². The average molecular weight is 355 g/mol. The normalized spacial score (nSPS) is 12.1. The molecule has 0 radical (unpaired) electrons. The molecule has 1 aliphatic rings. The van der Waals surface area contributed by atoms with Gasteiger partial charge in [-0.25, -0.2) is 0 Å². The van der Waals surface area contributed by atoms with E-state index in [-0.39, 0.29) is 17.0 Å². The molecule has 1 N–H and O–H groups in total. The standard InChI is InChI=1S/C18H15N2O.BrH/c1-21-15-10-14-8-5-9-20-12-17(13-6-3-2-4-7-13)19-16(11-15)18(14)20;/h2-12,19H,1H3;1H/q+1;/p-1. The maximum absolute atomic E-state index is 5.40. The summed E-state index contributed by atoms with van der Waals surface area (Å²) in [6.07, 6.45) is 4.19. The van der Waals surface area contributed by atoms with Crippen LogP contribution in [0.15, 0.2) is 60.8 Å². The molecule has 2 heterocycles. The number of hydrogen-bond acceptors (Lipinski definition) is 2. The summed E-state index contributed by atoms with van der Waals surface area (Å²) in [6.45, 7) is 0. The van der Waals surface area contributed by atoms with Crippen molar-refractivity contribution in [3.8, 4) is 5.75 Å². The van der Waals surface area contributed by atoms with Crippen LogP contribution in [0.2, 0.25) is 0 Å². The molecular formula is C18H15BrN2O. The fourth-order valence-corrected chi connectivity index (χ4v) is 2.76. The van der Waals surface area contributed by atoms with Gasteiger partial charge in [0.2, 0.25) is 5.52 Å². The molecule has 3 nitrogen and oxygen atoms in total. The molecule has 1 aromatic heterocycles. The Kier molecular flexibility index (Phi) is 3.86. The zero-order chi connectivity index (χ0) is 14.2.